The summed E-state index contributed by atoms with van der Waals surface area (Å²) in [5.74, 6) is -0.145. The lowest BCUT2D eigenvalue weighted by atomic mass is 9.98. The van der Waals surface area contributed by atoms with E-state index in [1.807, 2.05) is 32.5 Å². The zero-order valence-electron chi connectivity index (χ0n) is 15.3. The topological polar surface area (TPSA) is 69.7 Å². The second-order valence-corrected chi connectivity index (χ2v) is 9.82. The van der Waals surface area contributed by atoms with Gasteiger partial charge in [0.25, 0.3) is 0 Å². The number of carbonyl (C=O) groups is 1. The smallest absolute Gasteiger partial charge is 0.224 e. The van der Waals surface area contributed by atoms with Crippen LogP contribution in [0.15, 0.2) is 17.5 Å². The van der Waals surface area contributed by atoms with Gasteiger partial charge in [0.05, 0.1) is 17.7 Å². The summed E-state index contributed by atoms with van der Waals surface area (Å²) >= 11 is 1.68. The van der Waals surface area contributed by atoms with E-state index in [9.17, 15) is 13.2 Å². The minimum absolute atomic E-state index is 0.0418. The number of sulfonamides is 1. The fourth-order valence-electron chi connectivity index (χ4n) is 3.16. The molecule has 1 saturated heterocycles. The quantitative estimate of drug-likeness (QED) is 0.740. The summed E-state index contributed by atoms with van der Waals surface area (Å²) in [5, 5.41) is 5.06. The van der Waals surface area contributed by atoms with Crippen LogP contribution in [0.3, 0.4) is 0 Å². The number of rotatable bonds is 8. The Kier molecular flexibility index (Phi) is 7.42. The molecule has 1 aromatic rings. The Morgan fingerprint density at radius 2 is 2.24 bits per heavy atom. The summed E-state index contributed by atoms with van der Waals surface area (Å²) in [4.78, 5) is 15.9. The van der Waals surface area contributed by atoms with E-state index in [0.29, 0.717) is 26.1 Å². The number of likely N-dealkylation sites (N-methyl/N-ethyl adjacent to an activating group) is 1. The summed E-state index contributed by atoms with van der Waals surface area (Å²) in [6.45, 7) is 3.23. The van der Waals surface area contributed by atoms with Gasteiger partial charge in [0.15, 0.2) is 0 Å². The van der Waals surface area contributed by atoms with Gasteiger partial charge >= 0.3 is 0 Å². The molecule has 0 bridgehead atoms. The Labute approximate surface area is 155 Å². The SMILES string of the molecule is CCCS(=O)(=O)N1CCC[C@H](C(=O)NC[C@H](c2cccs2)N(C)C)C1. The molecule has 0 aromatic carbocycles. The van der Waals surface area contributed by atoms with Crippen LogP contribution in [-0.4, -0.2) is 63.0 Å². The van der Waals surface area contributed by atoms with E-state index in [0.717, 1.165) is 12.8 Å². The molecule has 0 spiro atoms. The van der Waals surface area contributed by atoms with Crippen LogP contribution in [0.4, 0.5) is 0 Å². The highest BCUT2D eigenvalue weighted by Gasteiger charge is 2.32. The predicted octanol–water partition coefficient (Wildman–Crippen LogP) is 1.92. The number of amides is 1. The lowest BCUT2D eigenvalue weighted by Gasteiger charge is -2.32. The van der Waals surface area contributed by atoms with Gasteiger partial charge < -0.3 is 10.2 Å². The van der Waals surface area contributed by atoms with E-state index >= 15 is 0 Å². The molecule has 2 atom stereocenters. The molecule has 0 radical (unpaired) electrons. The van der Waals surface area contributed by atoms with Gasteiger partial charge in [-0.25, -0.2) is 12.7 Å². The predicted molar refractivity (Wildman–Crippen MR) is 102 cm³/mol. The van der Waals surface area contributed by atoms with E-state index < -0.39 is 10.0 Å². The zero-order chi connectivity index (χ0) is 18.4. The highest BCUT2D eigenvalue weighted by molar-refractivity contribution is 7.89. The van der Waals surface area contributed by atoms with Crippen molar-refractivity contribution in [1.29, 1.82) is 0 Å². The Balaban J connectivity index is 1.93. The largest absolute Gasteiger partial charge is 0.354 e. The molecule has 25 heavy (non-hydrogen) atoms. The summed E-state index contributed by atoms with van der Waals surface area (Å²) in [6.07, 6.45) is 2.08. The first-order valence-corrected chi connectivity index (χ1v) is 11.3. The van der Waals surface area contributed by atoms with Gasteiger partial charge in [-0.2, -0.15) is 0 Å². The maximum Gasteiger partial charge on any atom is 0.224 e. The second kappa shape index (κ2) is 9.12. The Morgan fingerprint density at radius 3 is 2.84 bits per heavy atom. The molecule has 1 N–H and O–H groups in total. The Bertz CT molecular complexity index is 644. The minimum atomic E-state index is -3.23. The number of carbonyl (C=O) groups excluding carboxylic acids is 1. The van der Waals surface area contributed by atoms with Crippen molar-refractivity contribution in [2.45, 2.75) is 32.2 Å². The third kappa shape index (κ3) is 5.51. The van der Waals surface area contributed by atoms with E-state index in [2.05, 4.69) is 16.3 Å². The van der Waals surface area contributed by atoms with Crippen molar-refractivity contribution >= 4 is 27.3 Å². The summed E-state index contributed by atoms with van der Waals surface area (Å²) < 4.78 is 26.0. The van der Waals surface area contributed by atoms with Gasteiger partial charge in [0.2, 0.25) is 15.9 Å². The van der Waals surface area contributed by atoms with Crippen LogP contribution in [0.1, 0.15) is 37.1 Å². The molecule has 0 aliphatic carbocycles. The molecule has 2 rings (SSSR count). The fourth-order valence-corrected chi connectivity index (χ4v) is 5.67. The maximum atomic E-state index is 12.6. The van der Waals surface area contributed by atoms with Crippen LogP contribution in [0.2, 0.25) is 0 Å². The fraction of sp³-hybridized carbons (Fsp3) is 0.706. The first kappa shape index (κ1) is 20.4. The van der Waals surface area contributed by atoms with E-state index in [1.54, 1.807) is 11.3 Å². The lowest BCUT2D eigenvalue weighted by Crippen LogP contribution is -2.47. The molecule has 1 aliphatic heterocycles. The average molecular weight is 388 g/mol. The van der Waals surface area contributed by atoms with Crippen LogP contribution in [0.5, 0.6) is 0 Å². The van der Waals surface area contributed by atoms with Crippen molar-refractivity contribution in [3.8, 4) is 0 Å². The number of hydrogen-bond acceptors (Lipinski definition) is 5. The number of nitrogens with zero attached hydrogens (tertiary/aromatic N) is 2. The first-order valence-electron chi connectivity index (χ1n) is 8.80. The van der Waals surface area contributed by atoms with Crippen LogP contribution in [-0.2, 0) is 14.8 Å². The third-order valence-electron chi connectivity index (χ3n) is 4.57. The van der Waals surface area contributed by atoms with Crippen molar-refractivity contribution in [3.05, 3.63) is 22.4 Å². The molecular formula is C17H29N3O3S2. The Hall–Kier alpha value is -0.960. The van der Waals surface area contributed by atoms with Crippen molar-refractivity contribution in [2.24, 2.45) is 5.92 Å². The minimum Gasteiger partial charge on any atom is -0.354 e. The van der Waals surface area contributed by atoms with Gasteiger partial charge in [-0.15, -0.1) is 11.3 Å². The van der Waals surface area contributed by atoms with Crippen LogP contribution >= 0.6 is 11.3 Å². The maximum absolute atomic E-state index is 12.6. The zero-order valence-corrected chi connectivity index (χ0v) is 16.9. The molecule has 1 amide bonds. The van der Waals surface area contributed by atoms with Gasteiger partial charge in [-0.3, -0.25) is 4.79 Å². The van der Waals surface area contributed by atoms with Crippen LogP contribution in [0.25, 0.3) is 0 Å². The van der Waals surface area contributed by atoms with Crippen LogP contribution < -0.4 is 5.32 Å². The molecule has 1 aromatic heterocycles. The molecule has 1 aliphatic rings. The molecule has 1 fully saturated rings. The highest BCUT2D eigenvalue weighted by atomic mass is 32.2. The number of nitrogens with one attached hydrogen (secondary N) is 1. The molecule has 0 saturated carbocycles. The lowest BCUT2D eigenvalue weighted by molar-refractivity contribution is -0.126. The number of piperidine rings is 1. The van der Waals surface area contributed by atoms with Crippen molar-refractivity contribution in [3.63, 3.8) is 0 Å². The monoisotopic (exact) mass is 387 g/mol. The van der Waals surface area contributed by atoms with E-state index in [-0.39, 0.29) is 23.6 Å². The summed E-state index contributed by atoms with van der Waals surface area (Å²) in [6, 6.07) is 4.21. The molecule has 0 unspecified atom stereocenters. The standard InChI is InChI=1S/C17H29N3O3S2/c1-4-11-25(22,23)20-9-5-7-14(13-20)17(21)18-12-15(19(2)3)16-8-6-10-24-16/h6,8,10,14-15H,4-5,7,9,11-13H2,1-3H3,(H,18,21)/t14-,15+/m0/s1. The second-order valence-electron chi connectivity index (χ2n) is 6.75. The molecule has 8 heteroatoms. The van der Waals surface area contributed by atoms with Crippen molar-refractivity contribution < 1.29 is 13.2 Å². The molecule has 6 nitrogen and oxygen atoms in total. The normalized spacial score (nSPS) is 20.6. The van der Waals surface area contributed by atoms with Crippen molar-refractivity contribution in [1.82, 2.24) is 14.5 Å². The molecule has 2 heterocycles. The number of thiophene rings is 1. The van der Waals surface area contributed by atoms with Gasteiger partial charge in [0.1, 0.15) is 0 Å². The average Bonchev–Trinajstić information content (AvgIpc) is 3.09. The third-order valence-corrected chi connectivity index (χ3v) is 7.59. The van der Waals surface area contributed by atoms with Gasteiger partial charge in [0, 0.05) is 24.5 Å². The molecule has 142 valence electrons. The summed E-state index contributed by atoms with van der Waals surface area (Å²) in [5.41, 5.74) is 0. The van der Waals surface area contributed by atoms with Crippen LogP contribution in [0, 0.1) is 5.92 Å². The number of hydrogen-bond donors (Lipinski definition) is 1. The van der Waals surface area contributed by atoms with Crippen molar-refractivity contribution in [2.75, 3.05) is 39.5 Å². The Morgan fingerprint density at radius 1 is 1.48 bits per heavy atom. The first-order chi connectivity index (χ1) is 11.8. The van der Waals surface area contributed by atoms with E-state index in [4.69, 9.17) is 0 Å². The van der Waals surface area contributed by atoms with E-state index in [1.165, 1.54) is 9.18 Å². The molecular weight excluding hydrogens is 358 g/mol. The summed E-state index contributed by atoms with van der Waals surface area (Å²) in [7, 11) is 0.759. The highest BCUT2D eigenvalue weighted by Crippen LogP contribution is 2.23. The van der Waals surface area contributed by atoms with Gasteiger partial charge in [-0.1, -0.05) is 13.0 Å². The van der Waals surface area contributed by atoms with Gasteiger partial charge in [-0.05, 0) is 44.8 Å².